The molecular weight excluding hydrogens is 661 g/mol. The maximum absolute atomic E-state index is 6.58. The number of furan rings is 2. The van der Waals surface area contributed by atoms with Gasteiger partial charge < -0.3 is 8.83 Å². The molecule has 0 amide bonds. The monoisotopic (exact) mass is 690 g/mol. The molecular formula is C50H30N2O2. The van der Waals surface area contributed by atoms with Gasteiger partial charge in [0.25, 0.3) is 0 Å². The minimum atomic E-state index is 0.664. The van der Waals surface area contributed by atoms with E-state index in [1.807, 2.05) is 54.6 Å². The number of hydrogen-bond donors (Lipinski definition) is 0. The molecule has 54 heavy (non-hydrogen) atoms. The number of benzene rings is 8. The summed E-state index contributed by atoms with van der Waals surface area (Å²) in [6, 6.07) is 63.3. The number of aromatic nitrogens is 2. The van der Waals surface area contributed by atoms with Crippen molar-refractivity contribution in [2.45, 2.75) is 0 Å². The Bertz CT molecular complexity index is 3220. The van der Waals surface area contributed by atoms with Crippen molar-refractivity contribution in [2.75, 3.05) is 0 Å². The zero-order valence-electron chi connectivity index (χ0n) is 29.0. The van der Waals surface area contributed by atoms with Gasteiger partial charge in [-0.3, -0.25) is 0 Å². The standard InChI is InChI=1S/C50H30N2O2/c1-2-13-32(14-3-1)50-51-44(33-24-25-48-43(29-33)41-18-7-8-22-46(41)53-48)30-45(52-50)36-27-34(38-19-10-15-31-12-4-5-16-37(31)38)26-35(28-36)39-20-11-21-42-40-17-6-9-23-47(40)54-49(39)42/h1-30H. The van der Waals surface area contributed by atoms with Gasteiger partial charge in [0.2, 0.25) is 0 Å². The summed E-state index contributed by atoms with van der Waals surface area (Å²) in [5.41, 5.74) is 12.4. The molecule has 0 radical (unpaired) electrons. The molecule has 0 aliphatic rings. The lowest BCUT2D eigenvalue weighted by Crippen LogP contribution is -1.96. The van der Waals surface area contributed by atoms with E-state index in [-0.39, 0.29) is 0 Å². The first-order chi connectivity index (χ1) is 26.7. The number of hydrogen-bond acceptors (Lipinski definition) is 4. The minimum Gasteiger partial charge on any atom is -0.456 e. The van der Waals surface area contributed by atoms with Crippen molar-refractivity contribution in [3.8, 4) is 56.2 Å². The van der Waals surface area contributed by atoms with E-state index >= 15 is 0 Å². The van der Waals surface area contributed by atoms with Crippen LogP contribution in [0, 0.1) is 0 Å². The lowest BCUT2D eigenvalue weighted by atomic mass is 9.91. The van der Waals surface area contributed by atoms with Crippen LogP contribution in [0.5, 0.6) is 0 Å². The third-order valence-corrected chi connectivity index (χ3v) is 10.5. The van der Waals surface area contributed by atoms with Gasteiger partial charge in [-0.1, -0.05) is 127 Å². The Morgan fingerprint density at radius 2 is 0.889 bits per heavy atom. The molecule has 8 aromatic carbocycles. The minimum absolute atomic E-state index is 0.664. The van der Waals surface area contributed by atoms with Crippen molar-refractivity contribution >= 4 is 54.6 Å². The van der Waals surface area contributed by atoms with Gasteiger partial charge in [0.05, 0.1) is 11.4 Å². The molecule has 0 unspecified atom stereocenters. The summed E-state index contributed by atoms with van der Waals surface area (Å²) in [6.45, 7) is 0. The Morgan fingerprint density at radius 1 is 0.315 bits per heavy atom. The normalized spacial score (nSPS) is 11.7. The molecule has 0 aliphatic carbocycles. The number of rotatable bonds is 5. The predicted molar refractivity (Wildman–Crippen MR) is 221 cm³/mol. The first kappa shape index (κ1) is 30.3. The Labute approximate surface area is 310 Å². The second-order valence-electron chi connectivity index (χ2n) is 13.7. The van der Waals surface area contributed by atoms with Crippen LogP contribution in [0.1, 0.15) is 0 Å². The van der Waals surface area contributed by atoms with Crippen LogP contribution >= 0.6 is 0 Å². The van der Waals surface area contributed by atoms with Gasteiger partial charge in [-0.05, 0) is 82.1 Å². The van der Waals surface area contributed by atoms with Crippen molar-refractivity contribution < 1.29 is 8.83 Å². The zero-order chi connectivity index (χ0) is 35.6. The summed E-state index contributed by atoms with van der Waals surface area (Å²) in [5, 5.41) is 6.73. The third-order valence-electron chi connectivity index (χ3n) is 10.5. The molecule has 0 saturated heterocycles. The van der Waals surface area contributed by atoms with E-state index in [1.54, 1.807) is 0 Å². The quantitative estimate of drug-likeness (QED) is 0.180. The molecule has 252 valence electrons. The van der Waals surface area contributed by atoms with Crippen LogP contribution in [-0.4, -0.2) is 9.97 Å². The van der Waals surface area contributed by atoms with Gasteiger partial charge in [0, 0.05) is 43.8 Å². The van der Waals surface area contributed by atoms with E-state index in [1.165, 1.54) is 10.8 Å². The zero-order valence-corrected chi connectivity index (χ0v) is 29.0. The Balaban J connectivity index is 1.17. The van der Waals surface area contributed by atoms with Crippen LogP contribution in [0.2, 0.25) is 0 Å². The van der Waals surface area contributed by atoms with Crippen molar-refractivity contribution in [2.24, 2.45) is 0 Å². The van der Waals surface area contributed by atoms with Gasteiger partial charge in [-0.15, -0.1) is 0 Å². The van der Waals surface area contributed by atoms with Gasteiger partial charge in [-0.2, -0.15) is 0 Å². The van der Waals surface area contributed by atoms with Crippen LogP contribution in [0.4, 0.5) is 0 Å². The highest BCUT2D eigenvalue weighted by Gasteiger charge is 2.18. The van der Waals surface area contributed by atoms with Crippen LogP contribution < -0.4 is 0 Å². The van der Waals surface area contributed by atoms with Crippen molar-refractivity contribution in [3.63, 3.8) is 0 Å². The van der Waals surface area contributed by atoms with E-state index in [0.29, 0.717) is 5.82 Å². The number of nitrogens with zero attached hydrogens (tertiary/aromatic N) is 2. The fraction of sp³-hybridized carbons (Fsp3) is 0. The largest absolute Gasteiger partial charge is 0.456 e. The third kappa shape index (κ3) is 5.00. The fourth-order valence-corrected chi connectivity index (χ4v) is 7.88. The van der Waals surface area contributed by atoms with Crippen LogP contribution in [0.25, 0.3) is 111 Å². The molecule has 0 spiro atoms. The average molecular weight is 691 g/mol. The maximum atomic E-state index is 6.58. The van der Waals surface area contributed by atoms with Crippen molar-refractivity contribution in [1.29, 1.82) is 0 Å². The molecule has 11 aromatic rings. The van der Waals surface area contributed by atoms with Gasteiger partial charge in [-0.25, -0.2) is 9.97 Å². The van der Waals surface area contributed by atoms with E-state index < -0.39 is 0 Å². The molecule has 4 heteroatoms. The lowest BCUT2D eigenvalue weighted by Gasteiger charge is -2.14. The van der Waals surface area contributed by atoms with Crippen LogP contribution in [0.15, 0.2) is 191 Å². The molecule has 3 aromatic heterocycles. The molecule has 0 N–H and O–H groups in total. The molecule has 0 atom stereocenters. The Kier molecular flexibility index (Phi) is 6.82. The second kappa shape index (κ2) is 12.1. The molecule has 11 rings (SSSR count). The van der Waals surface area contributed by atoms with Crippen LogP contribution in [-0.2, 0) is 0 Å². The molecule has 3 heterocycles. The highest BCUT2D eigenvalue weighted by molar-refractivity contribution is 6.10. The number of para-hydroxylation sites is 3. The van der Waals surface area contributed by atoms with Gasteiger partial charge in [0.15, 0.2) is 5.82 Å². The maximum Gasteiger partial charge on any atom is 0.160 e. The summed E-state index contributed by atoms with van der Waals surface area (Å²) in [4.78, 5) is 10.5. The topological polar surface area (TPSA) is 52.1 Å². The summed E-state index contributed by atoms with van der Waals surface area (Å²) in [6.07, 6.45) is 0. The SMILES string of the molecule is c1ccc(-c2nc(-c3cc(-c4cccc5ccccc45)cc(-c4cccc5c4oc4ccccc45)c3)cc(-c3ccc4oc5ccccc5c4c3)n2)cc1. The smallest absolute Gasteiger partial charge is 0.160 e. The molecule has 0 fully saturated rings. The van der Waals surface area contributed by atoms with Gasteiger partial charge in [0.1, 0.15) is 22.3 Å². The van der Waals surface area contributed by atoms with E-state index in [4.69, 9.17) is 18.8 Å². The molecule has 4 nitrogen and oxygen atoms in total. The predicted octanol–water partition coefficient (Wildman–Crippen LogP) is 13.8. The lowest BCUT2D eigenvalue weighted by molar-refractivity contribution is 0.669. The first-order valence-corrected chi connectivity index (χ1v) is 18.1. The van der Waals surface area contributed by atoms with Gasteiger partial charge >= 0.3 is 0 Å². The van der Waals surface area contributed by atoms with Crippen molar-refractivity contribution in [3.05, 3.63) is 182 Å². The summed E-state index contributed by atoms with van der Waals surface area (Å²) < 4.78 is 12.8. The van der Waals surface area contributed by atoms with E-state index in [0.717, 1.165) is 94.2 Å². The highest BCUT2D eigenvalue weighted by Crippen LogP contribution is 2.41. The van der Waals surface area contributed by atoms with E-state index in [2.05, 4.69) is 127 Å². The Morgan fingerprint density at radius 3 is 1.72 bits per heavy atom. The van der Waals surface area contributed by atoms with Crippen LogP contribution in [0.3, 0.4) is 0 Å². The number of fused-ring (bicyclic) bond motifs is 7. The summed E-state index contributed by atoms with van der Waals surface area (Å²) in [5.74, 6) is 0.664. The van der Waals surface area contributed by atoms with E-state index in [9.17, 15) is 0 Å². The van der Waals surface area contributed by atoms with Crippen molar-refractivity contribution in [1.82, 2.24) is 9.97 Å². The second-order valence-corrected chi connectivity index (χ2v) is 13.7. The highest BCUT2D eigenvalue weighted by atomic mass is 16.3. The fourth-order valence-electron chi connectivity index (χ4n) is 7.88. The molecule has 0 aliphatic heterocycles. The average Bonchev–Trinajstić information content (AvgIpc) is 3.82. The summed E-state index contributed by atoms with van der Waals surface area (Å²) in [7, 11) is 0. The molecule has 0 saturated carbocycles. The first-order valence-electron chi connectivity index (χ1n) is 18.1. The summed E-state index contributed by atoms with van der Waals surface area (Å²) >= 11 is 0. The Hall–Kier alpha value is -7.30. The molecule has 0 bridgehead atoms.